The van der Waals surface area contributed by atoms with Crippen LogP contribution in [0.1, 0.15) is 37.7 Å². The minimum absolute atomic E-state index is 0.134. The van der Waals surface area contributed by atoms with Crippen molar-refractivity contribution in [1.29, 1.82) is 0 Å². The molecule has 0 atom stereocenters. The van der Waals surface area contributed by atoms with Crippen molar-refractivity contribution in [2.75, 3.05) is 0 Å². The van der Waals surface area contributed by atoms with Crippen LogP contribution < -0.4 is 14.8 Å². The topological polar surface area (TPSA) is 47.3 Å². The van der Waals surface area contributed by atoms with Crippen molar-refractivity contribution >= 4 is 29.5 Å². The third-order valence-electron chi connectivity index (χ3n) is 7.58. The Kier molecular flexibility index (Phi) is 7.62. The normalized spacial score (nSPS) is 12.2. The van der Waals surface area contributed by atoms with E-state index in [0.29, 0.717) is 29.7 Å². The van der Waals surface area contributed by atoms with Gasteiger partial charge in [-0.15, -0.1) is 0 Å². The van der Waals surface area contributed by atoms with Crippen LogP contribution in [0.15, 0.2) is 91.0 Å². The Morgan fingerprint density at radius 3 is 2.00 bits per heavy atom. The summed E-state index contributed by atoms with van der Waals surface area (Å²) in [6.07, 6.45) is 1.18. The molecule has 0 aliphatic heterocycles. The molecule has 5 aromatic rings. The molecule has 0 unspecified atom stereocenters. The fourth-order valence-corrected chi connectivity index (χ4v) is 10.0. The molecule has 1 N–H and O–H groups in total. The number of nitrogens with zero attached hydrogens (tertiary/aromatic N) is 2. The Morgan fingerprint density at radius 2 is 1.45 bits per heavy atom. The van der Waals surface area contributed by atoms with Gasteiger partial charge >= 0.3 is 8.32 Å². The minimum Gasteiger partial charge on any atom is -0.534 e. The number of halogens is 2. The number of fused-ring (bicyclic) bond motifs is 1. The van der Waals surface area contributed by atoms with Crippen molar-refractivity contribution < 1.29 is 18.3 Å². The van der Waals surface area contributed by atoms with Crippen LogP contribution in [-0.4, -0.2) is 23.2 Å². The van der Waals surface area contributed by atoms with Crippen LogP contribution in [0.25, 0.3) is 10.8 Å². The molecule has 0 aliphatic carbocycles. The first kappa shape index (κ1) is 27.7. The van der Waals surface area contributed by atoms with Crippen LogP contribution >= 0.6 is 0 Å². The van der Waals surface area contributed by atoms with Crippen molar-refractivity contribution in [3.05, 3.63) is 120 Å². The molecule has 7 heteroatoms. The lowest BCUT2D eigenvalue weighted by Gasteiger charge is -2.43. The highest BCUT2D eigenvalue weighted by atomic mass is 28.4. The van der Waals surface area contributed by atoms with E-state index in [-0.39, 0.29) is 17.0 Å². The van der Waals surface area contributed by atoms with E-state index in [1.54, 1.807) is 16.8 Å². The van der Waals surface area contributed by atoms with E-state index in [1.165, 1.54) is 6.07 Å². The molecule has 1 aromatic heterocycles. The lowest BCUT2D eigenvalue weighted by atomic mass is 10.0. The van der Waals surface area contributed by atoms with Gasteiger partial charge in [-0.05, 0) is 64.1 Å². The van der Waals surface area contributed by atoms with Gasteiger partial charge in [0, 0.05) is 23.5 Å². The smallest absolute Gasteiger partial charge is 0.319 e. The van der Waals surface area contributed by atoms with Gasteiger partial charge in [0.25, 0.3) is 0 Å². The Morgan fingerprint density at radius 1 is 0.825 bits per heavy atom. The Labute approximate surface area is 235 Å². The van der Waals surface area contributed by atoms with Crippen LogP contribution in [0.3, 0.4) is 0 Å². The standard InChI is InChI=1S/C33H34F2N2O2Si/c1-33(2,3)40(26-11-7-5-8-12-26,27-13-9-6-10-14-27)39-31-20-23(15-16-25-21-24(22-38)36-37(25)4)19-29-28(31)17-18-30(34)32(29)35/h5-14,17-21,38H,15-16,22H2,1-4H3. The minimum atomic E-state index is -3.02. The second-order valence-corrected chi connectivity index (χ2v) is 15.4. The highest BCUT2D eigenvalue weighted by Crippen LogP contribution is 2.40. The zero-order valence-corrected chi connectivity index (χ0v) is 24.3. The van der Waals surface area contributed by atoms with E-state index in [0.717, 1.165) is 21.6 Å². The van der Waals surface area contributed by atoms with Gasteiger partial charge in [0.15, 0.2) is 11.6 Å². The van der Waals surface area contributed by atoms with E-state index < -0.39 is 20.0 Å². The van der Waals surface area contributed by atoms with Crippen molar-refractivity contribution in [2.24, 2.45) is 7.05 Å². The number of hydrogen-bond acceptors (Lipinski definition) is 3. The maximum atomic E-state index is 15.3. The molecule has 0 saturated heterocycles. The fraction of sp³-hybridized carbons (Fsp3) is 0.242. The number of aliphatic hydroxyl groups is 1. The number of hydrogen-bond donors (Lipinski definition) is 1. The quantitative estimate of drug-likeness (QED) is 0.236. The Bertz CT molecular complexity index is 1590. The van der Waals surface area contributed by atoms with Crippen molar-refractivity contribution in [3.8, 4) is 5.75 Å². The molecule has 5 rings (SSSR count). The molecule has 206 valence electrons. The molecule has 4 nitrogen and oxygen atoms in total. The summed E-state index contributed by atoms with van der Waals surface area (Å²) in [4.78, 5) is 0. The van der Waals surface area contributed by atoms with Crippen LogP contribution in [0.4, 0.5) is 8.78 Å². The summed E-state index contributed by atoms with van der Waals surface area (Å²) in [6.45, 7) is 6.43. The SMILES string of the molecule is Cn1nc(CO)cc1CCc1cc(O[Si](c2ccccc2)(c2ccccc2)C(C)(C)C)c2ccc(F)c(F)c2c1. The monoisotopic (exact) mass is 556 g/mol. The van der Waals surface area contributed by atoms with Crippen LogP contribution in [0.5, 0.6) is 5.75 Å². The maximum absolute atomic E-state index is 15.3. The maximum Gasteiger partial charge on any atom is 0.319 e. The van der Waals surface area contributed by atoms with Crippen LogP contribution in [0, 0.1) is 11.6 Å². The van der Waals surface area contributed by atoms with E-state index in [2.05, 4.69) is 50.1 Å². The third-order valence-corrected chi connectivity index (χ3v) is 12.5. The highest BCUT2D eigenvalue weighted by molar-refractivity contribution is 7.00. The van der Waals surface area contributed by atoms with Gasteiger partial charge in [0.2, 0.25) is 0 Å². The molecule has 0 saturated carbocycles. The largest absolute Gasteiger partial charge is 0.534 e. The summed E-state index contributed by atoms with van der Waals surface area (Å²) < 4.78 is 38.8. The number of aliphatic hydroxyl groups excluding tert-OH is 1. The lowest BCUT2D eigenvalue weighted by molar-refractivity contribution is 0.275. The number of aromatic nitrogens is 2. The first-order valence-electron chi connectivity index (χ1n) is 13.5. The average Bonchev–Trinajstić information content (AvgIpc) is 3.32. The van der Waals surface area contributed by atoms with E-state index in [9.17, 15) is 9.50 Å². The van der Waals surface area contributed by atoms with E-state index in [1.807, 2.05) is 55.6 Å². The first-order valence-corrected chi connectivity index (χ1v) is 15.4. The predicted octanol–water partition coefficient (Wildman–Crippen LogP) is 6.07. The molecular formula is C33H34F2N2O2Si. The van der Waals surface area contributed by atoms with Crippen molar-refractivity contribution in [1.82, 2.24) is 9.78 Å². The van der Waals surface area contributed by atoms with Crippen LogP contribution in [-0.2, 0) is 26.5 Å². The Balaban J connectivity index is 1.69. The molecule has 40 heavy (non-hydrogen) atoms. The summed E-state index contributed by atoms with van der Waals surface area (Å²) in [5, 5.41) is 16.4. The third kappa shape index (κ3) is 5.07. The van der Waals surface area contributed by atoms with Gasteiger partial charge in [-0.2, -0.15) is 5.10 Å². The summed E-state index contributed by atoms with van der Waals surface area (Å²) >= 11 is 0. The van der Waals surface area contributed by atoms with Crippen molar-refractivity contribution in [3.63, 3.8) is 0 Å². The average molecular weight is 557 g/mol. The van der Waals surface area contributed by atoms with Gasteiger partial charge in [0.1, 0.15) is 5.75 Å². The van der Waals surface area contributed by atoms with Gasteiger partial charge in [-0.25, -0.2) is 8.78 Å². The van der Waals surface area contributed by atoms with Crippen molar-refractivity contribution in [2.45, 2.75) is 45.3 Å². The molecule has 0 bridgehead atoms. The first-order chi connectivity index (χ1) is 19.1. The van der Waals surface area contributed by atoms with Gasteiger partial charge in [-0.3, -0.25) is 4.68 Å². The molecule has 1 heterocycles. The predicted molar refractivity (Wildman–Crippen MR) is 159 cm³/mol. The van der Waals surface area contributed by atoms with Gasteiger partial charge in [0.05, 0.1) is 12.3 Å². The molecule has 0 spiro atoms. The summed E-state index contributed by atoms with van der Waals surface area (Å²) in [6, 6.07) is 28.8. The second-order valence-electron chi connectivity index (χ2n) is 11.2. The summed E-state index contributed by atoms with van der Waals surface area (Å²) in [7, 11) is -1.18. The number of benzene rings is 4. The molecule has 0 amide bonds. The lowest BCUT2D eigenvalue weighted by Crippen LogP contribution is -2.68. The molecule has 0 fully saturated rings. The van der Waals surface area contributed by atoms with Gasteiger partial charge < -0.3 is 9.53 Å². The molecule has 4 aromatic carbocycles. The molecule has 0 radical (unpaired) electrons. The summed E-state index contributed by atoms with van der Waals surface area (Å²) in [5.74, 6) is -1.23. The second kappa shape index (κ2) is 11.0. The zero-order valence-electron chi connectivity index (χ0n) is 23.3. The van der Waals surface area contributed by atoms with E-state index in [4.69, 9.17) is 4.43 Å². The zero-order chi connectivity index (χ0) is 28.5. The molecule has 0 aliphatic rings. The summed E-state index contributed by atoms with van der Waals surface area (Å²) in [5.41, 5.74) is 2.37. The number of rotatable bonds is 8. The number of aryl methyl sites for hydroxylation is 3. The molecular weight excluding hydrogens is 522 g/mol. The highest BCUT2D eigenvalue weighted by Gasteiger charge is 2.52. The van der Waals surface area contributed by atoms with E-state index >= 15 is 4.39 Å². The Hall–Kier alpha value is -3.81. The van der Waals surface area contributed by atoms with Crippen LogP contribution in [0.2, 0.25) is 5.04 Å². The fourth-order valence-electron chi connectivity index (χ4n) is 5.59. The van der Waals surface area contributed by atoms with Gasteiger partial charge in [-0.1, -0.05) is 81.4 Å².